The van der Waals surface area contributed by atoms with Crippen LogP contribution in [0.2, 0.25) is 0 Å². The topological polar surface area (TPSA) is 99.3 Å². The lowest BCUT2D eigenvalue weighted by Gasteiger charge is -2.11. The van der Waals surface area contributed by atoms with E-state index in [0.29, 0.717) is 42.0 Å². The molecule has 0 heterocycles. The van der Waals surface area contributed by atoms with Gasteiger partial charge in [-0.3, -0.25) is 14.4 Å². The molecule has 0 radical (unpaired) electrons. The molecule has 4 aromatic carbocycles. The predicted molar refractivity (Wildman–Crippen MR) is 151 cm³/mol. The molecule has 0 atom stereocenters. The van der Waals surface area contributed by atoms with E-state index in [9.17, 15) is 14.4 Å². The minimum atomic E-state index is -0.233. The van der Waals surface area contributed by atoms with Crippen molar-refractivity contribution in [1.82, 2.24) is 5.32 Å². The van der Waals surface area contributed by atoms with Crippen LogP contribution in [0, 0.1) is 0 Å². The van der Waals surface area contributed by atoms with Crippen molar-refractivity contribution in [2.75, 3.05) is 22.5 Å². The highest BCUT2D eigenvalue weighted by molar-refractivity contribution is 5.96. The first-order chi connectivity index (χ1) is 18.5. The molecule has 192 valence electrons. The van der Waals surface area contributed by atoms with Gasteiger partial charge in [0, 0.05) is 35.6 Å². The lowest BCUT2D eigenvalue weighted by atomic mass is 10.1. The normalized spacial score (nSPS) is 10.3. The van der Waals surface area contributed by atoms with Crippen LogP contribution in [0.5, 0.6) is 0 Å². The number of nitrogens with one attached hydrogen (secondary N) is 4. The highest BCUT2D eigenvalue weighted by atomic mass is 16.2. The van der Waals surface area contributed by atoms with E-state index < -0.39 is 0 Å². The third kappa shape index (κ3) is 8.34. The first-order valence-electron chi connectivity index (χ1n) is 12.4. The quantitative estimate of drug-likeness (QED) is 0.224. The average molecular weight is 507 g/mol. The summed E-state index contributed by atoms with van der Waals surface area (Å²) in [5.74, 6) is -0.483. The number of hydrogen-bond donors (Lipinski definition) is 4. The minimum Gasteiger partial charge on any atom is -0.376 e. The Labute approximate surface area is 222 Å². The molecule has 0 aromatic heterocycles. The maximum Gasteiger partial charge on any atom is 0.251 e. The van der Waals surface area contributed by atoms with Gasteiger partial charge in [-0.15, -0.1) is 0 Å². The summed E-state index contributed by atoms with van der Waals surface area (Å²) in [6, 6.07) is 33.5. The summed E-state index contributed by atoms with van der Waals surface area (Å²) in [5, 5.41) is 11.6. The molecule has 4 rings (SSSR count). The highest BCUT2D eigenvalue weighted by Crippen LogP contribution is 2.15. The van der Waals surface area contributed by atoms with Crippen LogP contribution in [0.15, 0.2) is 109 Å². The van der Waals surface area contributed by atoms with Crippen molar-refractivity contribution in [2.45, 2.75) is 19.4 Å². The molecule has 3 amide bonds. The summed E-state index contributed by atoms with van der Waals surface area (Å²) in [4.78, 5) is 37.1. The smallest absolute Gasteiger partial charge is 0.251 e. The van der Waals surface area contributed by atoms with E-state index in [4.69, 9.17) is 0 Å². The maximum absolute atomic E-state index is 12.5. The predicted octanol–water partition coefficient (Wildman–Crippen LogP) is 5.24. The van der Waals surface area contributed by atoms with Crippen LogP contribution in [0.4, 0.5) is 17.1 Å². The molecule has 4 aromatic rings. The zero-order valence-corrected chi connectivity index (χ0v) is 20.9. The molecular weight excluding hydrogens is 476 g/mol. The minimum absolute atomic E-state index is 0.0348. The lowest BCUT2D eigenvalue weighted by molar-refractivity contribution is -0.116. The van der Waals surface area contributed by atoms with Crippen molar-refractivity contribution in [3.8, 4) is 0 Å². The molecule has 0 saturated heterocycles. The fourth-order valence-corrected chi connectivity index (χ4v) is 3.80. The number of anilines is 3. The van der Waals surface area contributed by atoms with E-state index in [0.717, 1.165) is 11.1 Å². The van der Waals surface area contributed by atoms with Gasteiger partial charge in [0.1, 0.15) is 0 Å². The van der Waals surface area contributed by atoms with E-state index >= 15 is 0 Å². The molecule has 0 bridgehead atoms. The molecular formula is C31H30N4O3. The fraction of sp³-hybridized carbons (Fsp3) is 0.129. The molecule has 0 fully saturated rings. The van der Waals surface area contributed by atoms with Gasteiger partial charge in [0.15, 0.2) is 0 Å². The molecule has 7 nitrogen and oxygen atoms in total. The van der Waals surface area contributed by atoms with Crippen LogP contribution < -0.4 is 21.3 Å². The summed E-state index contributed by atoms with van der Waals surface area (Å²) < 4.78 is 0. The van der Waals surface area contributed by atoms with Crippen molar-refractivity contribution in [1.29, 1.82) is 0 Å². The number of carbonyl (C=O) groups excluding carboxylic acids is 3. The van der Waals surface area contributed by atoms with Gasteiger partial charge in [-0.05, 0) is 60.0 Å². The molecule has 0 aliphatic rings. The van der Waals surface area contributed by atoms with Crippen LogP contribution in [0.3, 0.4) is 0 Å². The second-order valence-electron chi connectivity index (χ2n) is 8.76. The van der Waals surface area contributed by atoms with Crippen molar-refractivity contribution >= 4 is 34.8 Å². The van der Waals surface area contributed by atoms with Gasteiger partial charge in [-0.2, -0.15) is 0 Å². The molecule has 38 heavy (non-hydrogen) atoms. The molecule has 0 spiro atoms. The number of carbonyl (C=O) groups is 3. The Balaban J connectivity index is 1.20. The van der Waals surface area contributed by atoms with Crippen LogP contribution in [0.25, 0.3) is 0 Å². The third-order valence-electron chi connectivity index (χ3n) is 5.81. The van der Waals surface area contributed by atoms with Gasteiger partial charge < -0.3 is 21.3 Å². The molecule has 0 saturated carbocycles. The molecule has 4 N–H and O–H groups in total. The molecule has 0 unspecified atom stereocenters. The van der Waals surface area contributed by atoms with Gasteiger partial charge in [0.05, 0.1) is 6.54 Å². The number of aryl methyl sites for hydroxylation is 1. The molecule has 7 heteroatoms. The van der Waals surface area contributed by atoms with Gasteiger partial charge in [0.25, 0.3) is 5.91 Å². The zero-order valence-electron chi connectivity index (χ0n) is 20.9. The van der Waals surface area contributed by atoms with Crippen molar-refractivity contribution in [3.05, 3.63) is 126 Å². The van der Waals surface area contributed by atoms with E-state index in [1.165, 1.54) is 0 Å². The van der Waals surface area contributed by atoms with Crippen molar-refractivity contribution < 1.29 is 14.4 Å². The van der Waals surface area contributed by atoms with E-state index in [1.807, 2.05) is 60.7 Å². The number of rotatable bonds is 11. The number of benzene rings is 4. The Kier molecular flexibility index (Phi) is 9.23. The summed E-state index contributed by atoms with van der Waals surface area (Å²) >= 11 is 0. The Morgan fingerprint density at radius 1 is 0.579 bits per heavy atom. The fourth-order valence-electron chi connectivity index (χ4n) is 3.80. The summed E-state index contributed by atoms with van der Waals surface area (Å²) in [7, 11) is 0. The van der Waals surface area contributed by atoms with E-state index in [2.05, 4.69) is 21.3 Å². The highest BCUT2D eigenvalue weighted by Gasteiger charge is 2.08. The first kappa shape index (κ1) is 26.2. The summed E-state index contributed by atoms with van der Waals surface area (Å²) in [5.41, 5.74) is 4.60. The number of amides is 3. The van der Waals surface area contributed by atoms with Gasteiger partial charge >= 0.3 is 0 Å². The maximum atomic E-state index is 12.5. The second kappa shape index (κ2) is 13.4. The first-order valence-corrected chi connectivity index (χ1v) is 12.4. The molecule has 0 aliphatic heterocycles. The zero-order chi connectivity index (χ0) is 26.6. The Morgan fingerprint density at radius 2 is 1.18 bits per heavy atom. The Hall–Kier alpha value is -4.91. The standard InChI is InChI=1S/C31H30N4O3/c36-29(19-14-23-8-3-1-4-9-23)34-26-15-17-27(18-16-26)35-30(37)22-32-28-13-7-12-25(20-28)31(38)33-21-24-10-5-2-6-11-24/h1-13,15-18,20,32H,14,19,21-22H2,(H,33,38)(H,34,36)(H,35,37). The van der Waals surface area contributed by atoms with E-state index in [1.54, 1.807) is 48.5 Å². The number of hydrogen-bond acceptors (Lipinski definition) is 4. The molecule has 0 aliphatic carbocycles. The monoisotopic (exact) mass is 506 g/mol. The van der Waals surface area contributed by atoms with Crippen LogP contribution in [-0.2, 0) is 22.6 Å². The second-order valence-corrected chi connectivity index (χ2v) is 8.76. The van der Waals surface area contributed by atoms with Crippen LogP contribution >= 0.6 is 0 Å². The lowest BCUT2D eigenvalue weighted by Crippen LogP contribution is -2.23. The summed E-state index contributed by atoms with van der Waals surface area (Å²) in [6.07, 6.45) is 1.07. The Morgan fingerprint density at radius 3 is 1.84 bits per heavy atom. The van der Waals surface area contributed by atoms with Gasteiger partial charge in [0.2, 0.25) is 11.8 Å². The largest absolute Gasteiger partial charge is 0.376 e. The van der Waals surface area contributed by atoms with Crippen molar-refractivity contribution in [2.24, 2.45) is 0 Å². The van der Waals surface area contributed by atoms with Crippen LogP contribution in [-0.4, -0.2) is 24.3 Å². The van der Waals surface area contributed by atoms with Crippen LogP contribution in [0.1, 0.15) is 27.9 Å². The SMILES string of the molecule is O=C(CCc1ccccc1)Nc1ccc(NC(=O)CNc2cccc(C(=O)NCc3ccccc3)c2)cc1. The average Bonchev–Trinajstić information content (AvgIpc) is 2.96. The van der Waals surface area contributed by atoms with Gasteiger partial charge in [-0.25, -0.2) is 0 Å². The van der Waals surface area contributed by atoms with E-state index in [-0.39, 0.29) is 24.3 Å². The Bertz CT molecular complexity index is 1360. The van der Waals surface area contributed by atoms with Crippen molar-refractivity contribution in [3.63, 3.8) is 0 Å². The summed E-state index contributed by atoms with van der Waals surface area (Å²) in [6.45, 7) is 0.475. The van der Waals surface area contributed by atoms with Gasteiger partial charge in [-0.1, -0.05) is 66.7 Å². The third-order valence-corrected chi connectivity index (χ3v) is 5.81.